The standard InChI is InChI=1S/C11H14BrNS/c1-2-10-11(13)9-5-8(12)4-3-7(9)6-14-10/h3-5,10-11H,2,6,13H2,1H3. The number of hydrogen-bond donors (Lipinski definition) is 1. The van der Waals surface area contributed by atoms with Crippen molar-refractivity contribution in [2.24, 2.45) is 5.73 Å². The van der Waals surface area contributed by atoms with Crippen molar-refractivity contribution in [2.45, 2.75) is 30.4 Å². The minimum absolute atomic E-state index is 0.200. The second-order valence-corrected chi connectivity index (χ2v) is 5.77. The van der Waals surface area contributed by atoms with E-state index in [0.29, 0.717) is 5.25 Å². The molecule has 76 valence electrons. The Kier molecular flexibility index (Phi) is 3.20. The SMILES string of the molecule is CCC1SCc2ccc(Br)cc2C1N. The molecule has 0 fully saturated rings. The molecule has 0 radical (unpaired) electrons. The Labute approximate surface area is 97.6 Å². The van der Waals surface area contributed by atoms with Crippen molar-refractivity contribution in [1.29, 1.82) is 0 Å². The third kappa shape index (κ3) is 1.86. The molecule has 0 aliphatic carbocycles. The number of benzene rings is 1. The van der Waals surface area contributed by atoms with Crippen LogP contribution >= 0.6 is 27.7 Å². The number of rotatable bonds is 1. The molecule has 1 aromatic rings. The molecule has 0 saturated carbocycles. The lowest BCUT2D eigenvalue weighted by Crippen LogP contribution is -2.27. The van der Waals surface area contributed by atoms with Crippen LogP contribution in [0.2, 0.25) is 0 Å². The molecule has 0 amide bonds. The highest BCUT2D eigenvalue weighted by Crippen LogP contribution is 2.38. The van der Waals surface area contributed by atoms with E-state index < -0.39 is 0 Å². The van der Waals surface area contributed by atoms with E-state index in [-0.39, 0.29) is 6.04 Å². The summed E-state index contributed by atoms with van der Waals surface area (Å²) in [6.07, 6.45) is 1.15. The maximum Gasteiger partial charge on any atom is 0.0419 e. The molecule has 0 aromatic heterocycles. The average Bonchev–Trinajstić information content (AvgIpc) is 2.20. The minimum Gasteiger partial charge on any atom is -0.323 e. The summed E-state index contributed by atoms with van der Waals surface area (Å²) in [7, 11) is 0. The normalized spacial score (nSPS) is 25.9. The van der Waals surface area contributed by atoms with Crippen LogP contribution in [0.15, 0.2) is 22.7 Å². The van der Waals surface area contributed by atoms with Gasteiger partial charge in [0.1, 0.15) is 0 Å². The molecule has 1 nitrogen and oxygen atoms in total. The topological polar surface area (TPSA) is 26.0 Å². The fourth-order valence-electron chi connectivity index (χ4n) is 1.88. The molecule has 1 aromatic carbocycles. The van der Waals surface area contributed by atoms with Gasteiger partial charge < -0.3 is 5.73 Å². The quantitative estimate of drug-likeness (QED) is 0.847. The molecule has 14 heavy (non-hydrogen) atoms. The second-order valence-electron chi connectivity index (χ2n) is 3.63. The predicted octanol–water partition coefficient (Wildman–Crippen LogP) is 3.47. The Hall–Kier alpha value is 0.01000. The van der Waals surface area contributed by atoms with Crippen molar-refractivity contribution in [3.8, 4) is 0 Å². The van der Waals surface area contributed by atoms with Gasteiger partial charge in [-0.1, -0.05) is 28.9 Å². The number of hydrogen-bond acceptors (Lipinski definition) is 2. The zero-order valence-corrected chi connectivity index (χ0v) is 10.6. The molecule has 0 bridgehead atoms. The summed E-state index contributed by atoms with van der Waals surface area (Å²) in [5.74, 6) is 1.11. The summed E-state index contributed by atoms with van der Waals surface area (Å²) in [6, 6.07) is 6.64. The zero-order chi connectivity index (χ0) is 10.1. The van der Waals surface area contributed by atoms with Crippen LogP contribution in [0.4, 0.5) is 0 Å². The molecule has 0 spiro atoms. The fourth-order valence-corrected chi connectivity index (χ4v) is 3.51. The summed E-state index contributed by atoms with van der Waals surface area (Å²) in [5.41, 5.74) is 8.95. The summed E-state index contributed by atoms with van der Waals surface area (Å²) >= 11 is 5.48. The van der Waals surface area contributed by atoms with E-state index in [0.717, 1.165) is 16.6 Å². The van der Waals surface area contributed by atoms with Gasteiger partial charge >= 0.3 is 0 Å². The minimum atomic E-state index is 0.200. The van der Waals surface area contributed by atoms with Crippen molar-refractivity contribution in [3.05, 3.63) is 33.8 Å². The lowest BCUT2D eigenvalue weighted by atomic mass is 9.97. The van der Waals surface area contributed by atoms with Gasteiger partial charge in [-0.25, -0.2) is 0 Å². The van der Waals surface area contributed by atoms with E-state index in [4.69, 9.17) is 5.73 Å². The second kappa shape index (κ2) is 4.25. The first-order valence-corrected chi connectivity index (χ1v) is 6.72. The maximum atomic E-state index is 6.23. The molecular weight excluding hydrogens is 258 g/mol. The molecule has 3 heteroatoms. The first kappa shape index (κ1) is 10.5. The number of halogens is 1. The first-order valence-electron chi connectivity index (χ1n) is 4.88. The summed E-state index contributed by atoms with van der Waals surface area (Å²) in [4.78, 5) is 0. The molecule has 1 aliphatic rings. The third-order valence-electron chi connectivity index (χ3n) is 2.72. The highest BCUT2D eigenvalue weighted by Gasteiger charge is 2.25. The average molecular weight is 272 g/mol. The molecule has 2 unspecified atom stereocenters. The van der Waals surface area contributed by atoms with Gasteiger partial charge in [-0.2, -0.15) is 11.8 Å². The van der Waals surface area contributed by atoms with Gasteiger partial charge in [-0.15, -0.1) is 0 Å². The molecule has 1 aliphatic heterocycles. The van der Waals surface area contributed by atoms with Gasteiger partial charge in [0.25, 0.3) is 0 Å². The Morgan fingerprint density at radius 2 is 2.36 bits per heavy atom. The highest BCUT2D eigenvalue weighted by molar-refractivity contribution is 9.10. The molecule has 1 heterocycles. The third-order valence-corrected chi connectivity index (χ3v) is 4.75. The first-order chi connectivity index (χ1) is 6.72. The van der Waals surface area contributed by atoms with E-state index in [1.165, 1.54) is 11.1 Å². The van der Waals surface area contributed by atoms with Gasteiger partial charge in [0.2, 0.25) is 0 Å². The van der Waals surface area contributed by atoms with E-state index in [2.05, 4.69) is 41.1 Å². The van der Waals surface area contributed by atoms with E-state index >= 15 is 0 Å². The van der Waals surface area contributed by atoms with Crippen LogP contribution < -0.4 is 5.73 Å². The molecular formula is C11H14BrNS. The Morgan fingerprint density at radius 1 is 1.57 bits per heavy atom. The summed E-state index contributed by atoms with van der Waals surface area (Å²) in [5, 5.41) is 0.580. The smallest absolute Gasteiger partial charge is 0.0419 e. The molecule has 2 atom stereocenters. The Bertz CT molecular complexity index is 340. The molecule has 0 saturated heterocycles. The van der Waals surface area contributed by atoms with E-state index in [1.807, 2.05) is 11.8 Å². The summed E-state index contributed by atoms with van der Waals surface area (Å²) in [6.45, 7) is 2.21. The molecule has 2 N–H and O–H groups in total. The van der Waals surface area contributed by atoms with Gasteiger partial charge in [0.05, 0.1) is 0 Å². The van der Waals surface area contributed by atoms with Crippen LogP contribution in [-0.2, 0) is 5.75 Å². The maximum absolute atomic E-state index is 6.23. The highest BCUT2D eigenvalue weighted by atomic mass is 79.9. The Balaban J connectivity index is 2.38. The number of thioether (sulfide) groups is 1. The lowest BCUT2D eigenvalue weighted by molar-refractivity contribution is 0.643. The van der Waals surface area contributed by atoms with Crippen molar-refractivity contribution >= 4 is 27.7 Å². The van der Waals surface area contributed by atoms with E-state index in [1.54, 1.807) is 0 Å². The predicted molar refractivity (Wildman–Crippen MR) is 66.4 cm³/mol. The largest absolute Gasteiger partial charge is 0.323 e. The van der Waals surface area contributed by atoms with Crippen LogP contribution in [0.5, 0.6) is 0 Å². The van der Waals surface area contributed by atoms with Gasteiger partial charge in [0, 0.05) is 21.5 Å². The van der Waals surface area contributed by atoms with Crippen LogP contribution in [0.25, 0.3) is 0 Å². The molecule has 2 rings (SSSR count). The van der Waals surface area contributed by atoms with Gasteiger partial charge in [-0.05, 0) is 29.7 Å². The number of nitrogens with two attached hydrogens (primary N) is 1. The van der Waals surface area contributed by atoms with Crippen LogP contribution in [0.3, 0.4) is 0 Å². The Morgan fingerprint density at radius 3 is 3.07 bits per heavy atom. The van der Waals surface area contributed by atoms with Gasteiger partial charge in [-0.3, -0.25) is 0 Å². The van der Waals surface area contributed by atoms with Crippen molar-refractivity contribution in [2.75, 3.05) is 0 Å². The zero-order valence-electron chi connectivity index (χ0n) is 8.16. The monoisotopic (exact) mass is 271 g/mol. The van der Waals surface area contributed by atoms with Crippen LogP contribution in [-0.4, -0.2) is 5.25 Å². The fraction of sp³-hybridized carbons (Fsp3) is 0.455. The van der Waals surface area contributed by atoms with Crippen LogP contribution in [0.1, 0.15) is 30.5 Å². The van der Waals surface area contributed by atoms with Crippen molar-refractivity contribution < 1.29 is 0 Å². The lowest BCUT2D eigenvalue weighted by Gasteiger charge is -2.30. The van der Waals surface area contributed by atoms with Crippen molar-refractivity contribution in [3.63, 3.8) is 0 Å². The van der Waals surface area contributed by atoms with Gasteiger partial charge in [0.15, 0.2) is 0 Å². The van der Waals surface area contributed by atoms with E-state index in [9.17, 15) is 0 Å². The number of fused-ring (bicyclic) bond motifs is 1. The van der Waals surface area contributed by atoms with Crippen LogP contribution in [0, 0.1) is 0 Å². The van der Waals surface area contributed by atoms with Crippen molar-refractivity contribution in [1.82, 2.24) is 0 Å². The summed E-state index contributed by atoms with van der Waals surface area (Å²) < 4.78 is 1.13.